The van der Waals surface area contributed by atoms with Gasteiger partial charge in [0.25, 0.3) is 5.56 Å². The van der Waals surface area contributed by atoms with Gasteiger partial charge < -0.3 is 4.52 Å². The van der Waals surface area contributed by atoms with Gasteiger partial charge in [0.2, 0.25) is 5.89 Å². The lowest BCUT2D eigenvalue weighted by Crippen LogP contribution is -2.24. The van der Waals surface area contributed by atoms with Crippen molar-refractivity contribution in [3.63, 3.8) is 0 Å². The molecule has 0 N–H and O–H groups in total. The molecule has 7 heteroatoms. The predicted molar refractivity (Wildman–Crippen MR) is 128 cm³/mol. The molecule has 166 valence electrons. The minimum atomic E-state index is -0.188. The quantitative estimate of drug-likeness (QED) is 0.272. The lowest BCUT2D eigenvalue weighted by Gasteiger charge is -2.15. The van der Waals surface area contributed by atoms with Gasteiger partial charge in [-0.25, -0.2) is 4.98 Å². The Kier molecular flexibility index (Phi) is 6.46. The molecule has 2 aromatic carbocycles. The van der Waals surface area contributed by atoms with Gasteiger partial charge in [-0.3, -0.25) is 9.36 Å². The van der Waals surface area contributed by atoms with Crippen LogP contribution in [0.25, 0.3) is 10.9 Å². The van der Waals surface area contributed by atoms with E-state index in [1.165, 1.54) is 17.3 Å². The second-order valence-corrected chi connectivity index (χ2v) is 10.2. The maximum absolute atomic E-state index is 13.3. The third-order valence-corrected chi connectivity index (χ3v) is 6.34. The van der Waals surface area contributed by atoms with Crippen LogP contribution in [0.3, 0.4) is 0 Å². The SMILES string of the molecule is C[C@@H](Sc1nc2ccccc2c(=O)n1CCCc1ccccc1)c1nc(C(C)(C)C)no1. The number of fused-ring (bicyclic) bond motifs is 1. The van der Waals surface area contributed by atoms with Gasteiger partial charge in [0.15, 0.2) is 11.0 Å². The summed E-state index contributed by atoms with van der Waals surface area (Å²) >= 11 is 1.48. The smallest absolute Gasteiger partial charge is 0.262 e. The Morgan fingerprint density at radius 2 is 1.75 bits per heavy atom. The first kappa shape index (κ1) is 22.3. The highest BCUT2D eigenvalue weighted by molar-refractivity contribution is 7.99. The molecule has 4 rings (SSSR count). The van der Waals surface area contributed by atoms with E-state index in [-0.39, 0.29) is 16.2 Å². The number of aryl methyl sites for hydroxylation is 1. The van der Waals surface area contributed by atoms with Gasteiger partial charge in [0, 0.05) is 12.0 Å². The number of hydrogen-bond donors (Lipinski definition) is 0. The van der Waals surface area contributed by atoms with Crippen LogP contribution in [0.15, 0.2) is 69.1 Å². The number of benzene rings is 2. The first-order valence-corrected chi connectivity index (χ1v) is 11.7. The summed E-state index contributed by atoms with van der Waals surface area (Å²) < 4.78 is 7.31. The van der Waals surface area contributed by atoms with Crippen LogP contribution in [0, 0.1) is 0 Å². The van der Waals surface area contributed by atoms with Crippen LogP contribution in [0.1, 0.15) is 56.6 Å². The molecule has 0 aliphatic rings. The van der Waals surface area contributed by atoms with E-state index in [0.717, 1.165) is 12.8 Å². The summed E-state index contributed by atoms with van der Waals surface area (Å²) in [4.78, 5) is 22.7. The molecule has 2 aromatic heterocycles. The van der Waals surface area contributed by atoms with E-state index in [1.807, 2.05) is 49.4 Å². The largest absolute Gasteiger partial charge is 0.338 e. The molecule has 2 heterocycles. The average molecular weight is 449 g/mol. The monoisotopic (exact) mass is 448 g/mol. The van der Waals surface area contributed by atoms with Crippen molar-refractivity contribution in [1.29, 1.82) is 0 Å². The molecule has 0 aliphatic carbocycles. The maximum Gasteiger partial charge on any atom is 0.262 e. The van der Waals surface area contributed by atoms with Crippen LogP contribution in [0.5, 0.6) is 0 Å². The van der Waals surface area contributed by atoms with Crippen molar-refractivity contribution in [2.24, 2.45) is 0 Å². The molecule has 0 saturated heterocycles. The minimum absolute atomic E-state index is 0.0146. The van der Waals surface area contributed by atoms with E-state index in [9.17, 15) is 4.79 Å². The summed E-state index contributed by atoms with van der Waals surface area (Å²) in [6.07, 6.45) is 1.75. The van der Waals surface area contributed by atoms with Crippen molar-refractivity contribution in [2.75, 3.05) is 0 Å². The lowest BCUT2D eigenvalue weighted by molar-refractivity contribution is 0.364. The zero-order chi connectivity index (χ0) is 22.7. The Balaban J connectivity index is 1.62. The topological polar surface area (TPSA) is 73.8 Å². The molecule has 0 saturated carbocycles. The minimum Gasteiger partial charge on any atom is -0.338 e. The Morgan fingerprint density at radius 3 is 2.47 bits per heavy atom. The Hall–Kier alpha value is -2.93. The van der Waals surface area contributed by atoms with E-state index in [1.54, 1.807) is 4.57 Å². The lowest BCUT2D eigenvalue weighted by atomic mass is 9.96. The van der Waals surface area contributed by atoms with Gasteiger partial charge in [-0.15, -0.1) is 0 Å². The molecule has 0 radical (unpaired) electrons. The van der Waals surface area contributed by atoms with Crippen LogP contribution >= 0.6 is 11.8 Å². The molecular formula is C25H28N4O2S. The first-order chi connectivity index (χ1) is 15.3. The molecule has 0 unspecified atom stereocenters. The summed E-state index contributed by atoms with van der Waals surface area (Å²) in [7, 11) is 0. The van der Waals surface area contributed by atoms with Gasteiger partial charge >= 0.3 is 0 Å². The van der Waals surface area contributed by atoms with Crippen molar-refractivity contribution < 1.29 is 4.52 Å². The first-order valence-electron chi connectivity index (χ1n) is 10.9. The summed E-state index contributed by atoms with van der Waals surface area (Å²) in [5.74, 6) is 1.21. The standard InChI is InChI=1S/C25H28N4O2S/c1-17(21-27-23(28-31-21)25(2,3)4)32-24-26-20-15-9-8-14-19(20)22(30)29(24)16-10-13-18-11-6-5-7-12-18/h5-9,11-12,14-15,17H,10,13,16H2,1-4H3/t17-/m1/s1. The fraction of sp³-hybridized carbons (Fsp3) is 0.360. The Bertz CT molecular complexity index is 1260. The Labute approximate surface area is 192 Å². The highest BCUT2D eigenvalue weighted by Gasteiger charge is 2.25. The van der Waals surface area contributed by atoms with Gasteiger partial charge in [-0.2, -0.15) is 4.98 Å². The Morgan fingerprint density at radius 1 is 1.03 bits per heavy atom. The van der Waals surface area contributed by atoms with Gasteiger partial charge in [0.05, 0.1) is 16.2 Å². The number of nitrogens with zero attached hydrogens (tertiary/aromatic N) is 4. The molecule has 0 fully saturated rings. The van der Waals surface area contributed by atoms with Gasteiger partial charge in [-0.05, 0) is 37.5 Å². The average Bonchev–Trinajstić information content (AvgIpc) is 3.28. The van der Waals surface area contributed by atoms with Crippen LogP contribution in [-0.2, 0) is 18.4 Å². The molecule has 6 nitrogen and oxygen atoms in total. The number of aromatic nitrogens is 4. The highest BCUT2D eigenvalue weighted by Crippen LogP contribution is 2.34. The predicted octanol–water partition coefficient (Wildman–Crippen LogP) is 5.56. The molecule has 0 spiro atoms. The molecule has 32 heavy (non-hydrogen) atoms. The summed E-state index contributed by atoms with van der Waals surface area (Å²) in [5.41, 5.74) is 1.76. The van der Waals surface area contributed by atoms with E-state index in [2.05, 4.69) is 43.0 Å². The molecule has 4 aromatic rings. The van der Waals surface area contributed by atoms with Crippen LogP contribution in [0.4, 0.5) is 0 Å². The van der Waals surface area contributed by atoms with Crippen LogP contribution in [0.2, 0.25) is 0 Å². The van der Waals surface area contributed by atoms with Crippen LogP contribution in [-0.4, -0.2) is 19.7 Å². The maximum atomic E-state index is 13.3. The third-order valence-electron chi connectivity index (χ3n) is 5.26. The van der Waals surface area contributed by atoms with Crippen molar-refractivity contribution >= 4 is 22.7 Å². The number of thioether (sulfide) groups is 1. The summed E-state index contributed by atoms with van der Waals surface area (Å²) in [6, 6.07) is 17.8. The second-order valence-electron chi connectivity index (χ2n) is 8.92. The summed E-state index contributed by atoms with van der Waals surface area (Å²) in [6.45, 7) is 8.75. The number of rotatable bonds is 7. The van der Waals surface area contributed by atoms with E-state index in [0.29, 0.717) is 34.3 Å². The molecular weight excluding hydrogens is 420 g/mol. The highest BCUT2D eigenvalue weighted by atomic mass is 32.2. The zero-order valence-electron chi connectivity index (χ0n) is 18.9. The number of para-hydroxylation sites is 1. The van der Waals surface area contributed by atoms with Crippen molar-refractivity contribution in [3.05, 3.63) is 82.2 Å². The van der Waals surface area contributed by atoms with E-state index in [4.69, 9.17) is 9.51 Å². The summed E-state index contributed by atoms with van der Waals surface area (Å²) in [5, 5.41) is 5.31. The van der Waals surface area contributed by atoms with Crippen LogP contribution < -0.4 is 5.56 Å². The molecule has 1 atom stereocenters. The molecule has 0 bridgehead atoms. The third kappa shape index (κ3) is 4.93. The van der Waals surface area contributed by atoms with Gasteiger partial charge in [0.1, 0.15) is 0 Å². The molecule has 0 amide bonds. The van der Waals surface area contributed by atoms with Crippen molar-refractivity contribution in [3.8, 4) is 0 Å². The van der Waals surface area contributed by atoms with Gasteiger partial charge in [-0.1, -0.05) is 80.2 Å². The fourth-order valence-electron chi connectivity index (χ4n) is 3.43. The van der Waals surface area contributed by atoms with E-state index < -0.39 is 0 Å². The van der Waals surface area contributed by atoms with Crippen molar-refractivity contribution in [1.82, 2.24) is 19.7 Å². The normalized spacial score (nSPS) is 12.9. The zero-order valence-corrected chi connectivity index (χ0v) is 19.7. The number of hydrogen-bond acceptors (Lipinski definition) is 6. The second kappa shape index (κ2) is 9.28. The van der Waals surface area contributed by atoms with Crippen molar-refractivity contribution in [2.45, 2.75) is 62.9 Å². The van der Waals surface area contributed by atoms with E-state index >= 15 is 0 Å². The molecule has 0 aliphatic heterocycles. The fourth-order valence-corrected chi connectivity index (χ4v) is 4.40.